The zero-order chi connectivity index (χ0) is 15.7. The number of fused-ring (bicyclic) bond motifs is 1. The summed E-state index contributed by atoms with van der Waals surface area (Å²) < 4.78 is 1.49. The topological polar surface area (TPSA) is 55.2 Å². The second kappa shape index (κ2) is 5.91. The van der Waals surface area contributed by atoms with Crippen molar-refractivity contribution >= 4 is 16.8 Å². The molecule has 0 N–H and O–H groups in total. The molecule has 1 aliphatic heterocycles. The van der Waals surface area contributed by atoms with Gasteiger partial charge in [-0.2, -0.15) is 0 Å². The van der Waals surface area contributed by atoms with Crippen molar-refractivity contribution in [3.05, 3.63) is 40.4 Å². The Morgan fingerprint density at radius 1 is 1.36 bits per heavy atom. The fraction of sp³-hybridized carbons (Fsp3) is 0.471. The molecule has 5 nitrogen and oxygen atoms in total. The van der Waals surface area contributed by atoms with Gasteiger partial charge >= 0.3 is 0 Å². The van der Waals surface area contributed by atoms with Gasteiger partial charge in [0.05, 0.1) is 10.9 Å². The maximum Gasteiger partial charge on any atom is 0.261 e. The van der Waals surface area contributed by atoms with Crippen molar-refractivity contribution in [1.29, 1.82) is 0 Å². The number of likely N-dealkylation sites (tertiary alicyclic amines) is 1. The van der Waals surface area contributed by atoms with Crippen LogP contribution in [0.4, 0.5) is 0 Å². The third kappa shape index (κ3) is 2.75. The summed E-state index contributed by atoms with van der Waals surface area (Å²) in [6, 6.07) is 7.26. The van der Waals surface area contributed by atoms with Crippen molar-refractivity contribution in [2.24, 2.45) is 5.92 Å². The Morgan fingerprint density at radius 2 is 2.14 bits per heavy atom. The van der Waals surface area contributed by atoms with Crippen LogP contribution in [-0.2, 0) is 11.3 Å². The fourth-order valence-corrected chi connectivity index (χ4v) is 3.12. The summed E-state index contributed by atoms with van der Waals surface area (Å²) in [7, 11) is 0. The molecule has 1 atom stereocenters. The molecule has 1 unspecified atom stereocenters. The molecule has 2 heterocycles. The summed E-state index contributed by atoms with van der Waals surface area (Å²) in [6.07, 6.45) is 2.21. The van der Waals surface area contributed by atoms with Crippen LogP contribution in [0.5, 0.6) is 0 Å². The number of aryl methyl sites for hydroxylation is 1. The Bertz CT molecular complexity index is 766. The number of carbonyl (C=O) groups is 1. The largest absolute Gasteiger partial charge is 0.341 e. The van der Waals surface area contributed by atoms with Crippen LogP contribution in [0.25, 0.3) is 10.9 Å². The minimum atomic E-state index is -0.137. The van der Waals surface area contributed by atoms with Crippen molar-refractivity contribution in [2.45, 2.75) is 33.2 Å². The third-order valence-electron chi connectivity index (χ3n) is 4.36. The highest BCUT2D eigenvalue weighted by Gasteiger charge is 2.22. The van der Waals surface area contributed by atoms with Gasteiger partial charge in [0.1, 0.15) is 12.4 Å². The minimum absolute atomic E-state index is 0.00818. The van der Waals surface area contributed by atoms with E-state index in [4.69, 9.17) is 0 Å². The third-order valence-corrected chi connectivity index (χ3v) is 4.36. The summed E-state index contributed by atoms with van der Waals surface area (Å²) in [5.41, 5.74) is 0.543. The van der Waals surface area contributed by atoms with E-state index in [1.807, 2.05) is 23.1 Å². The lowest BCUT2D eigenvalue weighted by atomic mass is 10.0. The molecule has 2 aromatic rings. The van der Waals surface area contributed by atoms with Crippen LogP contribution in [0.3, 0.4) is 0 Å². The highest BCUT2D eigenvalue weighted by molar-refractivity contribution is 5.79. The Kier molecular flexibility index (Phi) is 3.96. The predicted octanol–water partition coefficient (Wildman–Crippen LogP) is 1.96. The number of benzene rings is 1. The summed E-state index contributed by atoms with van der Waals surface area (Å²) in [5.74, 6) is 1.13. The average Bonchev–Trinajstić information content (AvgIpc) is 2.51. The van der Waals surface area contributed by atoms with Gasteiger partial charge in [-0.15, -0.1) is 0 Å². The maximum absolute atomic E-state index is 12.6. The molecule has 3 rings (SSSR count). The van der Waals surface area contributed by atoms with Gasteiger partial charge in [0, 0.05) is 13.1 Å². The lowest BCUT2D eigenvalue weighted by Gasteiger charge is -2.31. The number of hydrogen-bond donors (Lipinski definition) is 0. The SMILES string of the molecule is Cc1nc2ccccc2c(=O)n1CC(=O)N1CCCC(C)C1. The van der Waals surface area contributed by atoms with E-state index >= 15 is 0 Å². The van der Waals surface area contributed by atoms with Crippen molar-refractivity contribution < 1.29 is 4.79 Å². The summed E-state index contributed by atoms with van der Waals surface area (Å²) >= 11 is 0. The van der Waals surface area contributed by atoms with E-state index in [1.165, 1.54) is 11.0 Å². The van der Waals surface area contributed by atoms with Crippen LogP contribution in [0, 0.1) is 12.8 Å². The fourth-order valence-electron chi connectivity index (χ4n) is 3.12. The molecule has 1 aromatic heterocycles. The first-order valence-electron chi connectivity index (χ1n) is 7.80. The monoisotopic (exact) mass is 299 g/mol. The molecular weight excluding hydrogens is 278 g/mol. The van der Waals surface area contributed by atoms with Gasteiger partial charge in [0.25, 0.3) is 5.56 Å². The van der Waals surface area contributed by atoms with Crippen LogP contribution in [0.1, 0.15) is 25.6 Å². The Morgan fingerprint density at radius 3 is 2.91 bits per heavy atom. The van der Waals surface area contributed by atoms with Crippen molar-refractivity contribution in [3.63, 3.8) is 0 Å². The Labute approximate surface area is 129 Å². The van der Waals surface area contributed by atoms with Crippen molar-refractivity contribution in [2.75, 3.05) is 13.1 Å². The van der Waals surface area contributed by atoms with Gasteiger partial charge in [-0.25, -0.2) is 4.98 Å². The number of rotatable bonds is 2. The predicted molar refractivity (Wildman–Crippen MR) is 85.7 cm³/mol. The molecule has 1 aromatic carbocycles. The van der Waals surface area contributed by atoms with E-state index in [0.29, 0.717) is 22.6 Å². The Hall–Kier alpha value is -2.17. The number of hydrogen-bond acceptors (Lipinski definition) is 3. The average molecular weight is 299 g/mol. The molecule has 0 spiro atoms. The van der Waals surface area contributed by atoms with Crippen LogP contribution < -0.4 is 5.56 Å². The number of aromatic nitrogens is 2. The molecule has 0 saturated carbocycles. The van der Waals surface area contributed by atoms with E-state index in [1.54, 1.807) is 13.0 Å². The normalized spacial score (nSPS) is 18.6. The van der Waals surface area contributed by atoms with E-state index in [-0.39, 0.29) is 18.0 Å². The second-order valence-electron chi connectivity index (χ2n) is 6.15. The highest BCUT2D eigenvalue weighted by atomic mass is 16.2. The quantitative estimate of drug-likeness (QED) is 0.852. The van der Waals surface area contributed by atoms with E-state index < -0.39 is 0 Å². The molecule has 0 radical (unpaired) electrons. The van der Waals surface area contributed by atoms with E-state index in [2.05, 4.69) is 11.9 Å². The number of carbonyl (C=O) groups excluding carboxylic acids is 1. The van der Waals surface area contributed by atoms with Crippen molar-refractivity contribution in [3.8, 4) is 0 Å². The van der Waals surface area contributed by atoms with Crippen LogP contribution >= 0.6 is 0 Å². The molecular formula is C17H21N3O2. The zero-order valence-corrected chi connectivity index (χ0v) is 13.1. The van der Waals surface area contributed by atoms with Gasteiger partial charge < -0.3 is 4.90 Å². The molecule has 1 saturated heterocycles. The lowest BCUT2D eigenvalue weighted by molar-refractivity contribution is -0.133. The Balaban J connectivity index is 1.90. The number of nitrogens with zero attached hydrogens (tertiary/aromatic N) is 3. The first kappa shape index (κ1) is 14.8. The molecule has 1 aliphatic rings. The smallest absolute Gasteiger partial charge is 0.261 e. The summed E-state index contributed by atoms with van der Waals surface area (Å²) in [5, 5.41) is 0.563. The van der Waals surface area contributed by atoms with Crippen molar-refractivity contribution in [1.82, 2.24) is 14.5 Å². The number of amides is 1. The van der Waals surface area contributed by atoms with Crippen LogP contribution in [0.2, 0.25) is 0 Å². The molecule has 22 heavy (non-hydrogen) atoms. The summed E-state index contributed by atoms with van der Waals surface area (Å²) in [6.45, 7) is 5.59. The standard InChI is InChI=1S/C17H21N3O2/c1-12-6-5-9-19(10-12)16(21)11-20-13(2)18-15-8-4-3-7-14(15)17(20)22/h3-4,7-8,12H,5-6,9-11H2,1-2H3. The lowest BCUT2D eigenvalue weighted by Crippen LogP contribution is -2.42. The maximum atomic E-state index is 12.6. The highest BCUT2D eigenvalue weighted by Crippen LogP contribution is 2.16. The van der Waals surface area contributed by atoms with E-state index in [9.17, 15) is 9.59 Å². The summed E-state index contributed by atoms with van der Waals surface area (Å²) in [4.78, 5) is 31.4. The molecule has 0 bridgehead atoms. The number of piperidine rings is 1. The molecule has 116 valence electrons. The molecule has 1 amide bonds. The first-order valence-corrected chi connectivity index (χ1v) is 7.80. The number of para-hydroxylation sites is 1. The molecule has 0 aliphatic carbocycles. The van der Waals surface area contributed by atoms with Gasteiger partial charge in [0.15, 0.2) is 0 Å². The first-order chi connectivity index (χ1) is 10.6. The van der Waals surface area contributed by atoms with E-state index in [0.717, 1.165) is 19.5 Å². The minimum Gasteiger partial charge on any atom is -0.341 e. The van der Waals surface area contributed by atoms with Crippen LogP contribution in [-0.4, -0.2) is 33.4 Å². The molecule has 1 fully saturated rings. The molecule has 5 heteroatoms. The van der Waals surface area contributed by atoms with Crippen LogP contribution in [0.15, 0.2) is 29.1 Å². The van der Waals surface area contributed by atoms with Gasteiger partial charge in [0.2, 0.25) is 5.91 Å². The zero-order valence-electron chi connectivity index (χ0n) is 13.1. The van der Waals surface area contributed by atoms with Gasteiger partial charge in [-0.3, -0.25) is 14.2 Å². The van der Waals surface area contributed by atoms with Gasteiger partial charge in [-0.1, -0.05) is 19.1 Å². The van der Waals surface area contributed by atoms with Gasteiger partial charge in [-0.05, 0) is 37.8 Å². The second-order valence-corrected chi connectivity index (χ2v) is 6.15.